The molecule has 0 aliphatic heterocycles. The van der Waals surface area contributed by atoms with E-state index in [1.54, 1.807) is 0 Å². The van der Waals surface area contributed by atoms with Crippen molar-refractivity contribution in [3.8, 4) is 0 Å². The van der Waals surface area contributed by atoms with Gasteiger partial charge in [-0.2, -0.15) is 0 Å². The van der Waals surface area contributed by atoms with E-state index in [2.05, 4.69) is 0 Å². The van der Waals surface area contributed by atoms with E-state index in [9.17, 15) is 19.8 Å². The summed E-state index contributed by atoms with van der Waals surface area (Å²) in [5.74, 6) is -4.01. The van der Waals surface area contributed by atoms with Gasteiger partial charge >= 0.3 is 37.7 Å². The number of aliphatic hydroxyl groups excluding tert-OH is 11. The summed E-state index contributed by atoms with van der Waals surface area (Å²) in [6.07, 6.45) is -18.6. The van der Waals surface area contributed by atoms with Crippen molar-refractivity contribution in [1.29, 1.82) is 0 Å². The zero-order valence-electron chi connectivity index (χ0n) is 14.9. The van der Waals surface area contributed by atoms with Crippen LogP contribution in [0.2, 0.25) is 0 Å². The number of aliphatic hydroxyl groups is 11. The maximum atomic E-state index is 10.1. The molecule has 0 bridgehead atoms. The molecule has 0 rings (SSSR count). The summed E-state index contributed by atoms with van der Waals surface area (Å²) in [6.45, 7) is -1.76. The first-order chi connectivity index (χ1) is 12.7. The summed E-state index contributed by atoms with van der Waals surface area (Å²) < 4.78 is 0. The van der Waals surface area contributed by atoms with E-state index in [0.29, 0.717) is 0 Å². The first-order valence-electron chi connectivity index (χ1n) is 7.50. The van der Waals surface area contributed by atoms with Crippen LogP contribution in [0.1, 0.15) is 0 Å². The fourth-order valence-electron chi connectivity index (χ4n) is 1.53. The molecule has 11 N–H and O–H groups in total. The number of aliphatic carboxylic acids is 2. The van der Waals surface area contributed by atoms with Crippen LogP contribution in [0.15, 0.2) is 0 Å². The van der Waals surface area contributed by atoms with Crippen molar-refractivity contribution >= 4 is 49.7 Å². The quantitative estimate of drug-likeness (QED) is 0.127. The molecule has 16 heteroatoms. The van der Waals surface area contributed by atoms with Gasteiger partial charge in [0.1, 0.15) is 54.9 Å². The summed E-state index contributed by atoms with van der Waals surface area (Å²) in [7, 11) is 0. The number of rotatable bonds is 11. The average Bonchev–Trinajstić information content (AvgIpc) is 2.68. The van der Waals surface area contributed by atoms with Crippen molar-refractivity contribution in [2.24, 2.45) is 0 Å². The van der Waals surface area contributed by atoms with Crippen LogP contribution in [0.3, 0.4) is 0 Å². The number of carbonyl (C=O) groups excluding carboxylic acids is 2. The van der Waals surface area contributed by atoms with Gasteiger partial charge < -0.3 is 76.0 Å². The Bertz CT molecular complexity index is 465. The van der Waals surface area contributed by atoms with Gasteiger partial charge in [0.05, 0.1) is 25.2 Å². The number of carbonyl (C=O) groups is 2. The predicted molar refractivity (Wildman–Crippen MR) is 84.0 cm³/mol. The van der Waals surface area contributed by atoms with E-state index in [4.69, 9.17) is 56.2 Å². The van der Waals surface area contributed by atoms with E-state index in [0.717, 1.165) is 0 Å². The Kier molecular flexibility index (Phi) is 18.9. The van der Waals surface area contributed by atoms with Crippen LogP contribution >= 0.6 is 0 Å². The van der Waals surface area contributed by atoms with E-state index >= 15 is 0 Å². The van der Waals surface area contributed by atoms with Crippen molar-refractivity contribution in [2.75, 3.05) is 13.2 Å². The summed E-state index contributed by atoms with van der Waals surface area (Å²) in [5, 5.41) is 117. The van der Waals surface area contributed by atoms with Crippen LogP contribution in [-0.2, 0) is 9.59 Å². The second-order valence-electron chi connectivity index (χ2n) is 5.48. The van der Waals surface area contributed by atoms with Crippen LogP contribution < -0.4 is 10.2 Å². The van der Waals surface area contributed by atoms with Gasteiger partial charge in [-0.05, 0) is 0 Å². The number of hydrogen-bond acceptors (Lipinski definition) is 15. The Balaban J connectivity index is -0.000000455. The number of hydrogen-bond donors (Lipinski definition) is 11. The Morgan fingerprint density at radius 2 is 0.793 bits per heavy atom. The van der Waals surface area contributed by atoms with Crippen LogP contribution in [0.4, 0.5) is 0 Å². The Morgan fingerprint density at radius 3 is 1.03 bits per heavy atom. The molecule has 0 aliphatic rings. The summed E-state index contributed by atoms with van der Waals surface area (Å²) in [5.41, 5.74) is 0. The average molecular weight is 460 g/mol. The molecule has 0 saturated carbocycles. The normalized spacial score (nSPS) is 20.2. The maximum Gasteiger partial charge on any atom is 2.00 e. The van der Waals surface area contributed by atoms with Crippen molar-refractivity contribution < 1.29 is 76.0 Å². The van der Waals surface area contributed by atoms with Crippen molar-refractivity contribution in [1.82, 2.24) is 0 Å². The first kappa shape index (κ1) is 33.4. The minimum absolute atomic E-state index is 0. The van der Waals surface area contributed by atoms with Crippen molar-refractivity contribution in [3.05, 3.63) is 0 Å². The molecular formula is C13H24CaO15. The molecule has 0 heterocycles. The molecule has 168 valence electrons. The molecular weight excluding hydrogens is 436 g/mol. The molecule has 0 radical (unpaired) electrons. The Labute approximate surface area is 193 Å². The standard InChI is InChI=1S/C7H14O8.C6H12O7.Ca/c8-1-2(9)3(10)4(11)5(12)6(13)7(14)15;7-1-2(8)3(9)4(10)5(11)6(12)13;/h2-6,8-13H,1H2,(H,14,15);2-5,7-11H,1H2,(H,12,13);/q;;+2/p-2/t2-,3-,4+,5-,6-;2-,3-,4+,5-;/m11./s1. The molecule has 0 aromatic carbocycles. The van der Waals surface area contributed by atoms with Crippen molar-refractivity contribution in [2.45, 2.75) is 54.9 Å². The Hall–Kier alpha value is -0.240. The summed E-state index contributed by atoms with van der Waals surface area (Å²) in [6, 6.07) is 0. The van der Waals surface area contributed by atoms with Gasteiger partial charge in [-0.3, -0.25) is 0 Å². The molecule has 0 unspecified atom stereocenters. The van der Waals surface area contributed by atoms with E-state index < -0.39 is 80.1 Å². The largest absolute Gasteiger partial charge is 2.00 e. The van der Waals surface area contributed by atoms with Crippen LogP contribution in [-0.4, -0.2) is 174 Å². The molecule has 0 aromatic heterocycles. The SMILES string of the molecule is O=C([O-])[C@H](O)[C@@H](O)[C@H](O)[C@H](O)CO.O=C([O-])[C@H](O)[C@H](O)[C@@H](O)[C@H](O)[C@H](O)CO.[Ca+2]. The smallest absolute Gasteiger partial charge is 0.547 e. The van der Waals surface area contributed by atoms with Crippen LogP contribution in [0.25, 0.3) is 0 Å². The van der Waals surface area contributed by atoms with Gasteiger partial charge in [-0.1, -0.05) is 0 Å². The topological polar surface area (TPSA) is 303 Å². The minimum atomic E-state index is -2.40. The van der Waals surface area contributed by atoms with Crippen molar-refractivity contribution in [3.63, 3.8) is 0 Å². The minimum Gasteiger partial charge on any atom is -0.547 e. The number of carboxylic acid groups (broad SMARTS) is 2. The first-order valence-corrected chi connectivity index (χ1v) is 7.50. The molecule has 29 heavy (non-hydrogen) atoms. The maximum absolute atomic E-state index is 10.1. The van der Waals surface area contributed by atoms with Crippen LogP contribution in [0, 0.1) is 0 Å². The van der Waals surface area contributed by atoms with E-state index in [-0.39, 0.29) is 37.7 Å². The van der Waals surface area contributed by atoms with Gasteiger partial charge in [0.2, 0.25) is 0 Å². The molecule has 0 saturated heterocycles. The van der Waals surface area contributed by atoms with E-state index in [1.807, 2.05) is 0 Å². The molecule has 9 atom stereocenters. The third kappa shape index (κ3) is 11.7. The van der Waals surface area contributed by atoms with Gasteiger partial charge in [-0.25, -0.2) is 0 Å². The zero-order valence-corrected chi connectivity index (χ0v) is 17.1. The zero-order chi connectivity index (χ0) is 22.8. The van der Waals surface area contributed by atoms with E-state index in [1.165, 1.54) is 0 Å². The molecule has 15 nitrogen and oxygen atoms in total. The third-order valence-corrected chi connectivity index (χ3v) is 3.34. The second-order valence-corrected chi connectivity index (χ2v) is 5.48. The predicted octanol–water partition coefficient (Wildman–Crippen LogP) is -10.7. The number of carboxylic acids is 2. The molecule has 0 aromatic rings. The van der Waals surface area contributed by atoms with Crippen LogP contribution in [0.5, 0.6) is 0 Å². The fourth-order valence-corrected chi connectivity index (χ4v) is 1.53. The summed E-state index contributed by atoms with van der Waals surface area (Å²) in [4.78, 5) is 20.1. The Morgan fingerprint density at radius 1 is 0.552 bits per heavy atom. The molecule has 0 spiro atoms. The third-order valence-electron chi connectivity index (χ3n) is 3.34. The van der Waals surface area contributed by atoms with Gasteiger partial charge in [0.25, 0.3) is 0 Å². The molecule has 0 aliphatic carbocycles. The second kappa shape index (κ2) is 16.5. The molecule has 0 amide bonds. The van der Waals surface area contributed by atoms with Gasteiger partial charge in [0, 0.05) is 0 Å². The molecule has 0 fully saturated rings. The van der Waals surface area contributed by atoms with Gasteiger partial charge in [-0.15, -0.1) is 0 Å². The summed E-state index contributed by atoms with van der Waals surface area (Å²) >= 11 is 0. The monoisotopic (exact) mass is 460 g/mol. The van der Waals surface area contributed by atoms with Gasteiger partial charge in [0.15, 0.2) is 0 Å². The fraction of sp³-hybridized carbons (Fsp3) is 0.846.